The number of nitrogens with zero attached hydrogens (tertiary/aromatic N) is 1. The van der Waals surface area contributed by atoms with E-state index >= 15 is 0 Å². The molecule has 0 atom stereocenters. The average molecular weight is 407 g/mol. The number of benzene rings is 1. The third kappa shape index (κ3) is 3.26. The predicted octanol–water partition coefficient (Wildman–Crippen LogP) is 4.94. The molecule has 0 saturated heterocycles. The Morgan fingerprint density at radius 2 is 2.04 bits per heavy atom. The Labute approximate surface area is 151 Å². The normalized spacial score (nSPS) is 14.2. The van der Waals surface area contributed by atoms with Crippen molar-refractivity contribution >= 4 is 43.4 Å². The Hall–Kier alpha value is -1.66. The quantitative estimate of drug-likeness (QED) is 0.639. The van der Waals surface area contributed by atoms with E-state index in [0.29, 0.717) is 18.2 Å². The summed E-state index contributed by atoms with van der Waals surface area (Å²) in [5.74, 6) is 0.330. The molecule has 6 heteroatoms. The van der Waals surface area contributed by atoms with Crippen molar-refractivity contribution < 1.29 is 9.18 Å². The molecule has 1 aliphatic rings. The first-order chi connectivity index (χ1) is 11.6. The van der Waals surface area contributed by atoms with E-state index < -0.39 is 0 Å². The molecule has 4 rings (SSSR count). The number of thiophene rings is 1. The second-order valence-electron chi connectivity index (χ2n) is 6.19. The molecule has 1 N–H and O–H groups in total. The summed E-state index contributed by atoms with van der Waals surface area (Å²) in [4.78, 5) is 12.6. The van der Waals surface area contributed by atoms with Crippen LogP contribution in [-0.4, -0.2) is 10.5 Å². The Bertz CT molecular complexity index is 896. The molecule has 1 fully saturated rings. The van der Waals surface area contributed by atoms with E-state index in [1.54, 1.807) is 23.5 Å². The molecule has 0 unspecified atom stereocenters. The van der Waals surface area contributed by atoms with Crippen molar-refractivity contribution in [3.63, 3.8) is 0 Å². The van der Waals surface area contributed by atoms with Gasteiger partial charge in [0.2, 0.25) is 0 Å². The van der Waals surface area contributed by atoms with E-state index in [0.717, 1.165) is 26.1 Å². The highest BCUT2D eigenvalue weighted by Crippen LogP contribution is 2.36. The molecule has 1 aliphatic carbocycles. The van der Waals surface area contributed by atoms with E-state index in [-0.39, 0.29) is 11.7 Å². The summed E-state index contributed by atoms with van der Waals surface area (Å²) >= 11 is 5.16. The number of hydrogen-bond acceptors (Lipinski definition) is 2. The molecule has 2 heterocycles. The smallest absolute Gasteiger partial charge is 0.268 e. The summed E-state index contributed by atoms with van der Waals surface area (Å²) in [7, 11) is 0. The van der Waals surface area contributed by atoms with Crippen LogP contribution in [-0.2, 0) is 13.1 Å². The maximum Gasteiger partial charge on any atom is 0.268 e. The lowest BCUT2D eigenvalue weighted by atomic mass is 10.2. The summed E-state index contributed by atoms with van der Waals surface area (Å²) in [6.45, 7) is 1.29. The van der Waals surface area contributed by atoms with Crippen LogP contribution in [0.25, 0.3) is 10.2 Å². The van der Waals surface area contributed by atoms with Gasteiger partial charge in [0.05, 0.1) is 14.0 Å². The highest BCUT2D eigenvalue weighted by molar-refractivity contribution is 9.11. The molecule has 124 valence electrons. The van der Waals surface area contributed by atoms with Crippen LogP contribution < -0.4 is 5.32 Å². The van der Waals surface area contributed by atoms with Crippen LogP contribution in [0.2, 0.25) is 0 Å². The van der Waals surface area contributed by atoms with Gasteiger partial charge < -0.3 is 9.88 Å². The van der Waals surface area contributed by atoms with E-state index in [4.69, 9.17) is 0 Å². The molecule has 0 radical (unpaired) electrons. The Morgan fingerprint density at radius 1 is 1.29 bits per heavy atom. The summed E-state index contributed by atoms with van der Waals surface area (Å²) in [6, 6.07) is 10.2. The van der Waals surface area contributed by atoms with Crippen molar-refractivity contribution in [2.24, 2.45) is 5.92 Å². The van der Waals surface area contributed by atoms with Gasteiger partial charge in [0.1, 0.15) is 11.5 Å². The SMILES string of the molecule is O=C(NCc1ccc(F)cc1)c1cc2sc(Br)cc2n1CC1CC1. The first-order valence-electron chi connectivity index (χ1n) is 7.91. The topological polar surface area (TPSA) is 34.0 Å². The highest BCUT2D eigenvalue weighted by atomic mass is 79.9. The zero-order valence-electron chi connectivity index (χ0n) is 12.9. The fraction of sp³-hybridized carbons (Fsp3) is 0.278. The number of rotatable bonds is 5. The van der Waals surface area contributed by atoms with Crippen LogP contribution in [0.1, 0.15) is 28.9 Å². The van der Waals surface area contributed by atoms with Crippen molar-refractivity contribution in [2.45, 2.75) is 25.9 Å². The fourth-order valence-corrected chi connectivity index (χ4v) is 4.40. The van der Waals surface area contributed by atoms with Gasteiger partial charge in [-0.25, -0.2) is 4.39 Å². The predicted molar refractivity (Wildman–Crippen MR) is 97.8 cm³/mol. The van der Waals surface area contributed by atoms with E-state index in [1.807, 2.05) is 6.07 Å². The van der Waals surface area contributed by atoms with Crippen LogP contribution in [0.15, 0.2) is 40.2 Å². The molecule has 1 saturated carbocycles. The highest BCUT2D eigenvalue weighted by Gasteiger charge is 2.26. The number of hydrogen-bond donors (Lipinski definition) is 1. The van der Waals surface area contributed by atoms with Crippen LogP contribution in [0.4, 0.5) is 4.39 Å². The number of amides is 1. The van der Waals surface area contributed by atoms with E-state index in [1.165, 1.54) is 25.0 Å². The van der Waals surface area contributed by atoms with Crippen molar-refractivity contribution in [3.8, 4) is 0 Å². The van der Waals surface area contributed by atoms with Crippen molar-refractivity contribution in [1.29, 1.82) is 0 Å². The third-order valence-electron chi connectivity index (χ3n) is 4.30. The average Bonchev–Trinajstić information content (AvgIpc) is 3.22. The number of nitrogens with one attached hydrogen (secondary N) is 1. The van der Waals surface area contributed by atoms with Gasteiger partial charge in [0, 0.05) is 13.1 Å². The van der Waals surface area contributed by atoms with Crippen LogP contribution >= 0.6 is 27.3 Å². The van der Waals surface area contributed by atoms with Crippen LogP contribution in [0, 0.1) is 11.7 Å². The molecule has 3 aromatic rings. The zero-order chi connectivity index (χ0) is 16.7. The minimum absolute atomic E-state index is 0.0838. The lowest BCUT2D eigenvalue weighted by molar-refractivity contribution is 0.0941. The van der Waals surface area contributed by atoms with Gasteiger partial charge in [-0.1, -0.05) is 12.1 Å². The number of fused-ring (bicyclic) bond motifs is 1. The summed E-state index contributed by atoms with van der Waals surface area (Å²) in [5, 5.41) is 2.94. The van der Waals surface area contributed by atoms with Crippen molar-refractivity contribution in [2.75, 3.05) is 0 Å². The van der Waals surface area contributed by atoms with Gasteiger partial charge in [0.15, 0.2) is 0 Å². The first-order valence-corrected chi connectivity index (χ1v) is 9.52. The van der Waals surface area contributed by atoms with E-state index in [2.05, 4.69) is 31.9 Å². The Balaban J connectivity index is 1.56. The Morgan fingerprint density at radius 3 is 2.75 bits per heavy atom. The lowest BCUT2D eigenvalue weighted by Crippen LogP contribution is -2.25. The van der Waals surface area contributed by atoms with Gasteiger partial charge in [-0.05, 0) is 64.5 Å². The second-order valence-corrected chi connectivity index (χ2v) is 8.66. The molecule has 0 aliphatic heterocycles. The summed E-state index contributed by atoms with van der Waals surface area (Å²) in [5.41, 5.74) is 2.71. The fourth-order valence-electron chi connectivity index (χ4n) is 2.83. The molecule has 0 bridgehead atoms. The van der Waals surface area contributed by atoms with Crippen LogP contribution in [0.3, 0.4) is 0 Å². The number of carbonyl (C=O) groups excluding carboxylic acids is 1. The number of halogens is 2. The molecule has 2 aromatic heterocycles. The summed E-state index contributed by atoms with van der Waals surface area (Å²) < 4.78 is 17.3. The van der Waals surface area contributed by atoms with E-state index in [9.17, 15) is 9.18 Å². The van der Waals surface area contributed by atoms with Crippen molar-refractivity contribution in [3.05, 3.63) is 57.3 Å². The molecule has 3 nitrogen and oxygen atoms in total. The summed E-state index contributed by atoms with van der Waals surface area (Å²) in [6.07, 6.45) is 2.48. The van der Waals surface area contributed by atoms with Gasteiger partial charge >= 0.3 is 0 Å². The van der Waals surface area contributed by atoms with Gasteiger partial charge in [-0.2, -0.15) is 0 Å². The Kier molecular flexibility index (Phi) is 4.18. The number of carbonyl (C=O) groups is 1. The number of aromatic nitrogens is 1. The minimum atomic E-state index is -0.269. The molecule has 24 heavy (non-hydrogen) atoms. The monoisotopic (exact) mass is 406 g/mol. The van der Waals surface area contributed by atoms with Crippen LogP contribution in [0.5, 0.6) is 0 Å². The van der Waals surface area contributed by atoms with Gasteiger partial charge in [0.25, 0.3) is 5.91 Å². The molecule has 0 spiro atoms. The standard InChI is InChI=1S/C18H16BrFN2OS/c19-17-8-14-16(24-17)7-15(22(14)10-12-1-2-12)18(23)21-9-11-3-5-13(20)6-4-11/h3-8,12H,1-2,9-10H2,(H,21,23). The second kappa shape index (κ2) is 6.33. The molecular formula is C18H16BrFN2OS. The van der Waals surface area contributed by atoms with Gasteiger partial charge in [-0.15, -0.1) is 11.3 Å². The van der Waals surface area contributed by atoms with Crippen molar-refractivity contribution in [1.82, 2.24) is 9.88 Å². The molecular weight excluding hydrogens is 391 g/mol. The zero-order valence-corrected chi connectivity index (χ0v) is 15.3. The molecule has 1 amide bonds. The molecule has 1 aromatic carbocycles. The minimum Gasteiger partial charge on any atom is -0.347 e. The third-order valence-corrected chi connectivity index (χ3v) is 5.87. The maximum absolute atomic E-state index is 13.0. The lowest BCUT2D eigenvalue weighted by Gasteiger charge is -2.10. The maximum atomic E-state index is 13.0. The largest absolute Gasteiger partial charge is 0.347 e. The van der Waals surface area contributed by atoms with Gasteiger partial charge in [-0.3, -0.25) is 4.79 Å². The first kappa shape index (κ1) is 15.8.